The summed E-state index contributed by atoms with van der Waals surface area (Å²) in [5.41, 5.74) is 7.69. The smallest absolute Gasteiger partial charge is 0.148 e. The van der Waals surface area contributed by atoms with Gasteiger partial charge in [-0.05, 0) is 6.42 Å². The van der Waals surface area contributed by atoms with E-state index in [4.69, 9.17) is 5.73 Å². The van der Waals surface area contributed by atoms with Crippen LogP contribution in [-0.4, -0.2) is 16.3 Å². The molecule has 0 fully saturated rings. The van der Waals surface area contributed by atoms with Gasteiger partial charge in [0.25, 0.3) is 0 Å². The number of aromatic nitrogens is 2. The van der Waals surface area contributed by atoms with Crippen LogP contribution in [0, 0.1) is 0 Å². The first kappa shape index (κ1) is 12.1. The number of rotatable bonds is 5. The Hall–Kier alpha value is -0.970. The minimum absolute atomic E-state index is 0.648. The van der Waals surface area contributed by atoms with E-state index >= 15 is 0 Å². The van der Waals surface area contributed by atoms with Crippen molar-refractivity contribution in [3.8, 4) is 0 Å². The maximum absolute atomic E-state index is 5.99. The highest BCUT2D eigenvalue weighted by molar-refractivity contribution is 9.11. The van der Waals surface area contributed by atoms with E-state index in [0.29, 0.717) is 6.54 Å². The number of aryl methyl sites for hydroxylation is 2. The van der Waals surface area contributed by atoms with Gasteiger partial charge in [0, 0.05) is 18.1 Å². The third-order valence-electron chi connectivity index (χ3n) is 2.09. The molecular formula is C10H17BrN4. The normalized spacial score (nSPS) is 10.3. The molecule has 0 aliphatic rings. The van der Waals surface area contributed by atoms with Crippen LogP contribution in [0.25, 0.3) is 0 Å². The van der Waals surface area contributed by atoms with E-state index in [2.05, 4.69) is 39.8 Å². The summed E-state index contributed by atoms with van der Waals surface area (Å²) < 4.78 is 2.66. The zero-order valence-corrected chi connectivity index (χ0v) is 10.8. The van der Waals surface area contributed by atoms with E-state index in [0.717, 1.165) is 34.5 Å². The Kier molecular flexibility index (Phi) is 4.20. The summed E-state index contributed by atoms with van der Waals surface area (Å²) in [4.78, 5) is 0. The number of nitrogen functional groups attached to an aromatic ring is 1. The average molecular weight is 273 g/mol. The van der Waals surface area contributed by atoms with Gasteiger partial charge in [0.2, 0.25) is 0 Å². The van der Waals surface area contributed by atoms with Crippen molar-refractivity contribution < 1.29 is 0 Å². The molecule has 5 heteroatoms. The molecule has 1 heterocycles. The molecule has 4 nitrogen and oxygen atoms in total. The zero-order chi connectivity index (χ0) is 11.4. The molecule has 0 aromatic carbocycles. The second kappa shape index (κ2) is 5.21. The van der Waals surface area contributed by atoms with Crippen LogP contribution < -0.4 is 11.1 Å². The maximum atomic E-state index is 5.99. The van der Waals surface area contributed by atoms with Gasteiger partial charge in [0.1, 0.15) is 5.82 Å². The summed E-state index contributed by atoms with van der Waals surface area (Å²) in [7, 11) is 1.88. The Morgan fingerprint density at radius 3 is 2.87 bits per heavy atom. The fourth-order valence-electron chi connectivity index (χ4n) is 1.41. The Balaban J connectivity index is 2.82. The Morgan fingerprint density at radius 1 is 1.67 bits per heavy atom. The van der Waals surface area contributed by atoms with Gasteiger partial charge in [-0.2, -0.15) is 5.10 Å². The van der Waals surface area contributed by atoms with Crippen molar-refractivity contribution in [1.82, 2.24) is 9.78 Å². The lowest BCUT2D eigenvalue weighted by atomic mass is 10.2. The van der Waals surface area contributed by atoms with Gasteiger partial charge >= 0.3 is 0 Å². The van der Waals surface area contributed by atoms with Crippen LogP contribution in [0.2, 0.25) is 0 Å². The Morgan fingerprint density at radius 2 is 2.33 bits per heavy atom. The Labute approximate surface area is 98.7 Å². The molecule has 0 aliphatic heterocycles. The molecule has 15 heavy (non-hydrogen) atoms. The third-order valence-corrected chi connectivity index (χ3v) is 2.38. The van der Waals surface area contributed by atoms with E-state index in [1.807, 2.05) is 7.05 Å². The number of halogens is 1. The molecule has 3 N–H and O–H groups in total. The maximum Gasteiger partial charge on any atom is 0.148 e. The highest BCUT2D eigenvalue weighted by Gasteiger charge is 2.11. The van der Waals surface area contributed by atoms with Crippen molar-refractivity contribution in [2.24, 2.45) is 7.05 Å². The number of hydrogen-bond acceptors (Lipinski definition) is 3. The first-order valence-electron chi connectivity index (χ1n) is 4.94. The van der Waals surface area contributed by atoms with Gasteiger partial charge in [0.15, 0.2) is 0 Å². The predicted octanol–water partition coefficient (Wildman–Crippen LogP) is 2.28. The number of nitrogens with zero attached hydrogens (tertiary/aromatic N) is 2. The van der Waals surface area contributed by atoms with Crippen molar-refractivity contribution in [2.75, 3.05) is 17.6 Å². The lowest BCUT2D eigenvalue weighted by Gasteiger charge is -2.06. The van der Waals surface area contributed by atoms with Crippen LogP contribution in [0.1, 0.15) is 19.0 Å². The molecular weight excluding hydrogens is 256 g/mol. The fourth-order valence-corrected chi connectivity index (χ4v) is 1.55. The van der Waals surface area contributed by atoms with Gasteiger partial charge in [-0.1, -0.05) is 35.9 Å². The third kappa shape index (κ3) is 2.99. The van der Waals surface area contributed by atoms with Crippen molar-refractivity contribution in [2.45, 2.75) is 19.8 Å². The van der Waals surface area contributed by atoms with Gasteiger partial charge < -0.3 is 11.1 Å². The topological polar surface area (TPSA) is 55.9 Å². The average Bonchev–Trinajstić information content (AvgIpc) is 2.40. The van der Waals surface area contributed by atoms with Crippen LogP contribution in [-0.2, 0) is 13.5 Å². The molecule has 0 amide bonds. The van der Waals surface area contributed by atoms with Gasteiger partial charge in [0.05, 0.1) is 11.4 Å². The van der Waals surface area contributed by atoms with E-state index < -0.39 is 0 Å². The molecule has 0 saturated carbocycles. The molecule has 0 radical (unpaired) electrons. The molecule has 84 valence electrons. The van der Waals surface area contributed by atoms with Gasteiger partial charge in [-0.25, -0.2) is 0 Å². The SMILES string of the molecule is C=C(Br)CNc1c(N)c(CCC)nn1C. The fraction of sp³-hybridized carbons (Fsp3) is 0.500. The largest absolute Gasteiger partial charge is 0.394 e. The molecule has 1 rings (SSSR count). The molecule has 0 aliphatic carbocycles. The quantitative estimate of drug-likeness (QED) is 0.865. The Bertz CT molecular complexity index is 357. The van der Waals surface area contributed by atoms with Crippen LogP contribution in [0.4, 0.5) is 11.5 Å². The van der Waals surface area contributed by atoms with Crippen LogP contribution >= 0.6 is 15.9 Å². The molecule has 1 aromatic rings. The van der Waals surface area contributed by atoms with Gasteiger partial charge in [-0.3, -0.25) is 4.68 Å². The summed E-state index contributed by atoms with van der Waals surface area (Å²) >= 11 is 3.29. The number of nitrogens with two attached hydrogens (primary N) is 1. The summed E-state index contributed by atoms with van der Waals surface area (Å²) in [5.74, 6) is 0.860. The highest BCUT2D eigenvalue weighted by Crippen LogP contribution is 2.23. The lowest BCUT2D eigenvalue weighted by molar-refractivity contribution is 0.737. The summed E-state index contributed by atoms with van der Waals surface area (Å²) in [6, 6.07) is 0. The second-order valence-electron chi connectivity index (χ2n) is 3.45. The first-order valence-corrected chi connectivity index (χ1v) is 5.74. The monoisotopic (exact) mass is 272 g/mol. The molecule has 0 spiro atoms. The van der Waals surface area contributed by atoms with E-state index in [1.54, 1.807) is 4.68 Å². The van der Waals surface area contributed by atoms with Crippen LogP contribution in [0.3, 0.4) is 0 Å². The molecule has 0 unspecified atom stereocenters. The standard InChI is InChI=1S/C10H17BrN4/c1-4-5-8-9(12)10(15(3)14-8)13-6-7(2)11/h13H,2,4-6,12H2,1,3H3. The number of hydrogen-bond donors (Lipinski definition) is 2. The molecule has 1 aromatic heterocycles. The van der Waals surface area contributed by atoms with E-state index in [-0.39, 0.29) is 0 Å². The van der Waals surface area contributed by atoms with E-state index in [9.17, 15) is 0 Å². The minimum atomic E-state index is 0.648. The summed E-state index contributed by atoms with van der Waals surface area (Å²) in [6.07, 6.45) is 1.96. The first-order chi connectivity index (χ1) is 7.06. The van der Waals surface area contributed by atoms with Gasteiger partial charge in [-0.15, -0.1) is 0 Å². The van der Waals surface area contributed by atoms with Crippen LogP contribution in [0.5, 0.6) is 0 Å². The summed E-state index contributed by atoms with van der Waals surface area (Å²) in [6.45, 7) is 6.52. The lowest BCUT2D eigenvalue weighted by Crippen LogP contribution is -2.07. The van der Waals surface area contributed by atoms with Crippen LogP contribution in [0.15, 0.2) is 11.1 Å². The zero-order valence-electron chi connectivity index (χ0n) is 9.18. The second-order valence-corrected chi connectivity index (χ2v) is 4.57. The summed E-state index contributed by atoms with van der Waals surface area (Å²) in [5, 5.41) is 7.55. The van der Waals surface area contributed by atoms with E-state index in [1.165, 1.54) is 0 Å². The van der Waals surface area contributed by atoms with Crippen molar-refractivity contribution in [1.29, 1.82) is 0 Å². The minimum Gasteiger partial charge on any atom is -0.394 e. The van der Waals surface area contributed by atoms with Crippen molar-refractivity contribution >= 4 is 27.4 Å². The molecule has 0 saturated heterocycles. The van der Waals surface area contributed by atoms with Crippen molar-refractivity contribution in [3.05, 3.63) is 16.8 Å². The molecule has 0 atom stereocenters. The number of anilines is 2. The highest BCUT2D eigenvalue weighted by atomic mass is 79.9. The predicted molar refractivity (Wildman–Crippen MR) is 68.2 cm³/mol. The van der Waals surface area contributed by atoms with Crippen molar-refractivity contribution in [3.63, 3.8) is 0 Å². The number of nitrogens with one attached hydrogen (secondary N) is 1. The molecule has 0 bridgehead atoms.